The van der Waals surface area contributed by atoms with Gasteiger partial charge in [0.15, 0.2) is 6.61 Å². The van der Waals surface area contributed by atoms with Crippen LogP contribution in [-0.4, -0.2) is 12.5 Å². The molecular weight excluding hydrogens is 204 g/mol. The van der Waals surface area contributed by atoms with Crippen LogP contribution in [0.4, 0.5) is 5.69 Å². The molecule has 16 heavy (non-hydrogen) atoms. The maximum Gasteiger partial charge on any atom is 0.224 e. The van der Waals surface area contributed by atoms with Crippen LogP contribution in [0.25, 0.3) is 0 Å². The summed E-state index contributed by atoms with van der Waals surface area (Å²) in [5, 5.41) is 11.1. The zero-order valence-corrected chi connectivity index (χ0v) is 9.19. The van der Waals surface area contributed by atoms with Gasteiger partial charge in [-0.1, -0.05) is 6.92 Å². The van der Waals surface area contributed by atoms with Crippen LogP contribution in [0.5, 0.6) is 5.75 Å². The van der Waals surface area contributed by atoms with Gasteiger partial charge >= 0.3 is 0 Å². The molecular formula is C12H14N2O2. The minimum Gasteiger partial charge on any atom is -0.479 e. The fraction of sp³-hybridized carbons (Fsp3) is 0.333. The van der Waals surface area contributed by atoms with E-state index in [0.29, 0.717) is 12.2 Å². The molecule has 4 nitrogen and oxygen atoms in total. The molecule has 1 aromatic rings. The van der Waals surface area contributed by atoms with Crippen molar-refractivity contribution >= 4 is 11.6 Å². The van der Waals surface area contributed by atoms with Crippen molar-refractivity contribution in [3.63, 3.8) is 0 Å². The molecule has 0 aliphatic carbocycles. The van der Waals surface area contributed by atoms with Crippen LogP contribution in [0.1, 0.15) is 19.8 Å². The van der Waals surface area contributed by atoms with Crippen LogP contribution in [0.3, 0.4) is 0 Å². The zero-order chi connectivity index (χ0) is 11.8. The van der Waals surface area contributed by atoms with Gasteiger partial charge in [-0.25, -0.2) is 0 Å². The van der Waals surface area contributed by atoms with E-state index in [1.807, 2.05) is 13.0 Å². The lowest BCUT2D eigenvalue weighted by atomic mass is 10.2. The van der Waals surface area contributed by atoms with Crippen LogP contribution < -0.4 is 10.1 Å². The molecule has 0 fully saturated rings. The largest absolute Gasteiger partial charge is 0.479 e. The van der Waals surface area contributed by atoms with Crippen molar-refractivity contribution in [1.29, 1.82) is 5.26 Å². The number of amides is 1. The molecule has 0 saturated carbocycles. The third-order valence-electron chi connectivity index (χ3n) is 1.92. The molecule has 1 aromatic carbocycles. The summed E-state index contributed by atoms with van der Waals surface area (Å²) in [5.74, 6) is 0.628. The summed E-state index contributed by atoms with van der Waals surface area (Å²) in [6, 6.07) is 8.83. The maximum atomic E-state index is 11.3. The van der Waals surface area contributed by atoms with E-state index in [1.54, 1.807) is 24.3 Å². The van der Waals surface area contributed by atoms with Gasteiger partial charge in [-0.15, -0.1) is 0 Å². The van der Waals surface area contributed by atoms with Crippen molar-refractivity contribution in [1.82, 2.24) is 0 Å². The lowest BCUT2D eigenvalue weighted by molar-refractivity contribution is -0.116. The van der Waals surface area contributed by atoms with Gasteiger partial charge in [0.1, 0.15) is 11.8 Å². The second-order valence-corrected chi connectivity index (χ2v) is 3.27. The molecule has 0 saturated heterocycles. The molecule has 0 unspecified atom stereocenters. The van der Waals surface area contributed by atoms with Crippen LogP contribution >= 0.6 is 0 Å². The number of hydrogen-bond donors (Lipinski definition) is 1. The first-order chi connectivity index (χ1) is 7.76. The number of carbonyl (C=O) groups excluding carboxylic acids is 1. The molecule has 0 aromatic heterocycles. The van der Waals surface area contributed by atoms with Gasteiger partial charge in [0, 0.05) is 12.1 Å². The van der Waals surface area contributed by atoms with Crippen molar-refractivity contribution in [2.45, 2.75) is 19.8 Å². The van der Waals surface area contributed by atoms with E-state index < -0.39 is 0 Å². The van der Waals surface area contributed by atoms with Gasteiger partial charge in [0.25, 0.3) is 0 Å². The average molecular weight is 218 g/mol. The number of nitriles is 1. The van der Waals surface area contributed by atoms with Crippen LogP contribution in [0.15, 0.2) is 24.3 Å². The highest BCUT2D eigenvalue weighted by Gasteiger charge is 2.00. The van der Waals surface area contributed by atoms with E-state index in [0.717, 1.165) is 12.1 Å². The molecule has 0 aliphatic heterocycles. The molecule has 0 heterocycles. The molecule has 0 aliphatic rings. The Balaban J connectivity index is 2.51. The number of nitrogens with zero attached hydrogens (tertiary/aromatic N) is 1. The maximum absolute atomic E-state index is 11.3. The van der Waals surface area contributed by atoms with Gasteiger partial charge < -0.3 is 10.1 Å². The van der Waals surface area contributed by atoms with E-state index in [-0.39, 0.29) is 12.5 Å². The summed E-state index contributed by atoms with van der Waals surface area (Å²) in [7, 11) is 0. The van der Waals surface area contributed by atoms with Crippen LogP contribution in [0, 0.1) is 11.3 Å². The lowest BCUT2D eigenvalue weighted by Crippen LogP contribution is -2.10. The molecule has 1 N–H and O–H groups in total. The Kier molecular flexibility index (Phi) is 4.87. The highest BCUT2D eigenvalue weighted by Crippen LogP contribution is 2.15. The third-order valence-corrected chi connectivity index (χ3v) is 1.92. The zero-order valence-electron chi connectivity index (χ0n) is 9.19. The Morgan fingerprint density at radius 1 is 1.44 bits per heavy atom. The minimum atomic E-state index is 0.00759. The van der Waals surface area contributed by atoms with Gasteiger partial charge in [0.05, 0.1) is 0 Å². The number of anilines is 1. The van der Waals surface area contributed by atoms with Crippen molar-refractivity contribution in [3.8, 4) is 11.8 Å². The Morgan fingerprint density at radius 3 is 2.69 bits per heavy atom. The summed E-state index contributed by atoms with van der Waals surface area (Å²) >= 11 is 0. The van der Waals surface area contributed by atoms with Gasteiger partial charge in [-0.2, -0.15) is 5.26 Å². The fourth-order valence-corrected chi connectivity index (χ4v) is 1.20. The first kappa shape index (κ1) is 12.1. The number of benzene rings is 1. The Labute approximate surface area is 94.8 Å². The van der Waals surface area contributed by atoms with Crippen molar-refractivity contribution in [2.75, 3.05) is 11.9 Å². The monoisotopic (exact) mass is 218 g/mol. The highest BCUT2D eigenvalue weighted by molar-refractivity contribution is 5.90. The van der Waals surface area contributed by atoms with Crippen LogP contribution in [-0.2, 0) is 4.79 Å². The molecule has 0 atom stereocenters. The molecule has 4 heteroatoms. The number of hydrogen-bond acceptors (Lipinski definition) is 3. The SMILES string of the molecule is CCCC(=O)Nc1ccc(OCC#N)cc1. The standard InChI is InChI=1S/C12H14N2O2/c1-2-3-12(15)14-10-4-6-11(7-5-10)16-9-8-13/h4-7H,2-3,9H2,1H3,(H,14,15). The average Bonchev–Trinajstić information content (AvgIpc) is 2.28. The third kappa shape index (κ3) is 4.01. The number of nitrogens with one attached hydrogen (secondary N) is 1. The van der Waals surface area contributed by atoms with Crippen molar-refractivity contribution in [3.05, 3.63) is 24.3 Å². The normalized spacial score (nSPS) is 9.25. The van der Waals surface area contributed by atoms with Crippen molar-refractivity contribution < 1.29 is 9.53 Å². The number of ether oxygens (including phenoxy) is 1. The van der Waals surface area contributed by atoms with E-state index >= 15 is 0 Å². The summed E-state index contributed by atoms with van der Waals surface area (Å²) in [6.45, 7) is 1.99. The molecule has 0 spiro atoms. The molecule has 0 radical (unpaired) electrons. The Bertz CT molecular complexity index is 379. The highest BCUT2D eigenvalue weighted by atomic mass is 16.5. The summed E-state index contributed by atoms with van der Waals surface area (Å²) in [6.07, 6.45) is 1.35. The first-order valence-corrected chi connectivity index (χ1v) is 5.16. The molecule has 84 valence electrons. The lowest BCUT2D eigenvalue weighted by Gasteiger charge is -2.05. The summed E-state index contributed by atoms with van der Waals surface area (Å²) in [4.78, 5) is 11.3. The first-order valence-electron chi connectivity index (χ1n) is 5.16. The predicted octanol–water partition coefficient (Wildman–Crippen LogP) is 2.33. The second-order valence-electron chi connectivity index (χ2n) is 3.27. The van der Waals surface area contributed by atoms with Gasteiger partial charge in [-0.05, 0) is 30.7 Å². The van der Waals surface area contributed by atoms with Gasteiger partial charge in [-0.3, -0.25) is 4.79 Å². The van der Waals surface area contributed by atoms with Crippen molar-refractivity contribution in [2.24, 2.45) is 0 Å². The smallest absolute Gasteiger partial charge is 0.224 e. The fourth-order valence-electron chi connectivity index (χ4n) is 1.20. The van der Waals surface area contributed by atoms with E-state index in [9.17, 15) is 4.79 Å². The predicted molar refractivity (Wildman–Crippen MR) is 61.1 cm³/mol. The topological polar surface area (TPSA) is 62.1 Å². The molecule has 0 bridgehead atoms. The minimum absolute atomic E-state index is 0.00759. The van der Waals surface area contributed by atoms with E-state index in [2.05, 4.69) is 5.32 Å². The molecule has 1 amide bonds. The quantitative estimate of drug-likeness (QED) is 0.825. The summed E-state index contributed by atoms with van der Waals surface area (Å²) in [5.41, 5.74) is 0.739. The number of carbonyl (C=O) groups is 1. The second kappa shape index (κ2) is 6.46. The summed E-state index contributed by atoms with van der Waals surface area (Å²) < 4.78 is 5.09. The molecule has 1 rings (SSSR count). The Morgan fingerprint density at radius 2 is 2.12 bits per heavy atom. The number of rotatable bonds is 5. The van der Waals surface area contributed by atoms with Gasteiger partial charge in [0.2, 0.25) is 5.91 Å². The van der Waals surface area contributed by atoms with E-state index in [1.165, 1.54) is 0 Å². The Hall–Kier alpha value is -2.02. The van der Waals surface area contributed by atoms with Crippen LogP contribution in [0.2, 0.25) is 0 Å². The van der Waals surface area contributed by atoms with E-state index in [4.69, 9.17) is 10.00 Å².